The molecule has 3 N–H and O–H groups in total. The highest BCUT2D eigenvalue weighted by atomic mass is 15.2. The van der Waals surface area contributed by atoms with Crippen molar-refractivity contribution < 1.29 is 0 Å². The molecule has 1 aromatic heterocycles. The lowest BCUT2D eigenvalue weighted by atomic mass is 9.89. The summed E-state index contributed by atoms with van der Waals surface area (Å²) < 4.78 is 0. The molecule has 1 aromatic carbocycles. The second-order valence-corrected chi connectivity index (χ2v) is 6.73. The van der Waals surface area contributed by atoms with Crippen molar-refractivity contribution in [2.75, 3.05) is 11.1 Å². The Balaban J connectivity index is 1.50. The molecule has 4 rings (SSSR count). The Bertz CT molecular complexity index is 669. The number of nitrogens with zero attached hydrogens (tertiary/aromatic N) is 3. The number of nitrogen functional groups attached to an aromatic ring is 1. The van der Waals surface area contributed by atoms with Gasteiger partial charge in [0.05, 0.1) is 0 Å². The largest absolute Gasteiger partial charge is 0.368 e. The van der Waals surface area contributed by atoms with E-state index in [2.05, 4.69) is 44.5 Å². The first kappa shape index (κ1) is 14.4. The number of hydrogen-bond acceptors (Lipinski definition) is 5. The average molecular weight is 309 g/mol. The zero-order chi connectivity index (χ0) is 15.6. The van der Waals surface area contributed by atoms with E-state index in [0.717, 1.165) is 31.5 Å². The van der Waals surface area contributed by atoms with Crippen LogP contribution in [0.1, 0.15) is 55.0 Å². The highest BCUT2D eigenvalue weighted by Gasteiger charge is 2.23. The molecule has 120 valence electrons. The minimum absolute atomic E-state index is 0.332. The number of benzene rings is 1. The van der Waals surface area contributed by atoms with Crippen molar-refractivity contribution in [1.29, 1.82) is 0 Å². The van der Waals surface area contributed by atoms with Crippen LogP contribution in [0.25, 0.3) is 0 Å². The van der Waals surface area contributed by atoms with Crippen LogP contribution in [-0.4, -0.2) is 21.0 Å². The van der Waals surface area contributed by atoms with Gasteiger partial charge in [-0.15, -0.1) is 0 Å². The first-order chi connectivity index (χ1) is 11.3. The topological polar surface area (TPSA) is 76.7 Å². The van der Waals surface area contributed by atoms with Gasteiger partial charge in [0, 0.05) is 12.0 Å². The predicted molar refractivity (Wildman–Crippen MR) is 91.3 cm³/mol. The maximum Gasteiger partial charge on any atom is 0.227 e. The fourth-order valence-corrected chi connectivity index (χ4v) is 3.86. The van der Waals surface area contributed by atoms with E-state index < -0.39 is 0 Å². The van der Waals surface area contributed by atoms with Gasteiger partial charge < -0.3 is 11.1 Å². The van der Waals surface area contributed by atoms with Crippen LogP contribution >= 0.6 is 0 Å². The second-order valence-electron chi connectivity index (χ2n) is 6.73. The van der Waals surface area contributed by atoms with E-state index >= 15 is 0 Å². The van der Waals surface area contributed by atoms with Crippen molar-refractivity contribution in [2.45, 2.75) is 56.9 Å². The Hall–Kier alpha value is -2.17. The number of hydrogen-bond donors (Lipinski definition) is 2. The highest BCUT2D eigenvalue weighted by molar-refractivity contribution is 5.39. The normalized spacial score (nSPS) is 18.8. The maximum atomic E-state index is 5.92. The summed E-state index contributed by atoms with van der Waals surface area (Å²) in [6.07, 6.45) is 8.20. The van der Waals surface area contributed by atoms with Gasteiger partial charge >= 0.3 is 0 Å². The second kappa shape index (κ2) is 6.14. The molecule has 1 saturated carbocycles. The van der Waals surface area contributed by atoms with Crippen LogP contribution < -0.4 is 11.1 Å². The molecule has 0 aliphatic heterocycles. The van der Waals surface area contributed by atoms with Crippen molar-refractivity contribution in [3.63, 3.8) is 0 Å². The van der Waals surface area contributed by atoms with E-state index in [1.54, 1.807) is 0 Å². The number of nitrogens with one attached hydrogen (secondary N) is 1. The number of anilines is 2. The molecule has 0 amide bonds. The van der Waals surface area contributed by atoms with E-state index in [-0.39, 0.29) is 0 Å². The summed E-state index contributed by atoms with van der Waals surface area (Å²) in [6.45, 7) is 0. The van der Waals surface area contributed by atoms with Gasteiger partial charge in [0.1, 0.15) is 5.82 Å². The third-order valence-electron chi connectivity index (χ3n) is 5.02. The molecule has 0 radical (unpaired) electrons. The molecule has 5 heteroatoms. The SMILES string of the molecule is Nc1nc(NC2Cc3ccccc3C2)nc(C2CCCCC2)n1. The van der Waals surface area contributed by atoms with Gasteiger partial charge in [0.25, 0.3) is 0 Å². The monoisotopic (exact) mass is 309 g/mol. The van der Waals surface area contributed by atoms with Gasteiger partial charge in [0.2, 0.25) is 11.9 Å². The molecule has 2 aromatic rings. The molecule has 0 spiro atoms. The van der Waals surface area contributed by atoms with Crippen molar-refractivity contribution >= 4 is 11.9 Å². The van der Waals surface area contributed by atoms with Crippen molar-refractivity contribution in [3.8, 4) is 0 Å². The summed E-state index contributed by atoms with van der Waals surface area (Å²) >= 11 is 0. The fraction of sp³-hybridized carbons (Fsp3) is 0.500. The van der Waals surface area contributed by atoms with Gasteiger partial charge in [-0.3, -0.25) is 0 Å². The van der Waals surface area contributed by atoms with E-state index in [4.69, 9.17) is 5.73 Å². The molecule has 23 heavy (non-hydrogen) atoms. The molecule has 1 heterocycles. The summed E-state index contributed by atoms with van der Waals surface area (Å²) in [6, 6.07) is 8.94. The first-order valence-electron chi connectivity index (χ1n) is 8.63. The van der Waals surface area contributed by atoms with E-state index in [0.29, 0.717) is 23.9 Å². The summed E-state index contributed by atoms with van der Waals surface area (Å²) in [4.78, 5) is 13.4. The van der Waals surface area contributed by atoms with Crippen LogP contribution in [0, 0.1) is 0 Å². The smallest absolute Gasteiger partial charge is 0.227 e. The Morgan fingerprint density at radius 2 is 1.61 bits per heavy atom. The Labute approximate surface area is 136 Å². The minimum Gasteiger partial charge on any atom is -0.368 e. The maximum absolute atomic E-state index is 5.92. The molecule has 0 bridgehead atoms. The molecule has 5 nitrogen and oxygen atoms in total. The third kappa shape index (κ3) is 3.14. The minimum atomic E-state index is 0.332. The zero-order valence-electron chi connectivity index (χ0n) is 13.3. The molecular weight excluding hydrogens is 286 g/mol. The van der Waals surface area contributed by atoms with Crippen LogP contribution in [0.5, 0.6) is 0 Å². The van der Waals surface area contributed by atoms with Gasteiger partial charge in [-0.25, -0.2) is 0 Å². The number of fused-ring (bicyclic) bond motifs is 1. The molecule has 0 saturated heterocycles. The Kier molecular flexibility index (Phi) is 3.85. The standard InChI is InChI=1S/C18H23N5/c19-17-21-16(12-6-2-1-3-7-12)22-18(23-17)20-15-10-13-8-4-5-9-14(13)11-15/h4-5,8-9,12,15H,1-3,6-7,10-11H2,(H3,19,20,21,22,23). The number of aromatic nitrogens is 3. The van der Waals surface area contributed by atoms with Crippen LogP contribution in [0.4, 0.5) is 11.9 Å². The summed E-state index contributed by atoms with van der Waals surface area (Å²) in [7, 11) is 0. The van der Waals surface area contributed by atoms with Crippen molar-refractivity contribution in [3.05, 3.63) is 41.2 Å². The molecule has 0 atom stereocenters. The molecule has 2 aliphatic rings. The van der Waals surface area contributed by atoms with E-state index in [1.165, 1.54) is 30.4 Å². The van der Waals surface area contributed by atoms with Gasteiger partial charge in [-0.1, -0.05) is 43.5 Å². The van der Waals surface area contributed by atoms with Crippen molar-refractivity contribution in [2.24, 2.45) is 0 Å². The van der Waals surface area contributed by atoms with Crippen LogP contribution in [0.2, 0.25) is 0 Å². The molecule has 2 aliphatic carbocycles. The molecule has 1 fully saturated rings. The number of nitrogens with two attached hydrogens (primary N) is 1. The third-order valence-corrected chi connectivity index (χ3v) is 5.02. The number of rotatable bonds is 3. The van der Waals surface area contributed by atoms with Gasteiger partial charge in [-0.2, -0.15) is 15.0 Å². The zero-order valence-corrected chi connectivity index (χ0v) is 13.3. The quantitative estimate of drug-likeness (QED) is 0.911. The highest BCUT2D eigenvalue weighted by Crippen LogP contribution is 2.31. The van der Waals surface area contributed by atoms with Crippen LogP contribution in [-0.2, 0) is 12.8 Å². The van der Waals surface area contributed by atoms with Gasteiger partial charge in [-0.05, 0) is 36.8 Å². The van der Waals surface area contributed by atoms with Crippen LogP contribution in [0.3, 0.4) is 0 Å². The molecular formula is C18H23N5. The van der Waals surface area contributed by atoms with Crippen LogP contribution in [0.15, 0.2) is 24.3 Å². The summed E-state index contributed by atoms with van der Waals surface area (Å²) in [5.74, 6) is 2.28. The average Bonchev–Trinajstić information content (AvgIpc) is 2.97. The predicted octanol–water partition coefficient (Wildman–Crippen LogP) is 3.08. The molecule has 0 unspecified atom stereocenters. The fourth-order valence-electron chi connectivity index (χ4n) is 3.86. The summed E-state index contributed by atoms with van der Waals surface area (Å²) in [5.41, 5.74) is 8.75. The Morgan fingerprint density at radius 3 is 2.30 bits per heavy atom. The lowest BCUT2D eigenvalue weighted by Gasteiger charge is -2.21. The lowest BCUT2D eigenvalue weighted by molar-refractivity contribution is 0.428. The van der Waals surface area contributed by atoms with E-state index in [9.17, 15) is 0 Å². The van der Waals surface area contributed by atoms with Crippen molar-refractivity contribution in [1.82, 2.24) is 15.0 Å². The van der Waals surface area contributed by atoms with Gasteiger partial charge in [0.15, 0.2) is 0 Å². The summed E-state index contributed by atoms with van der Waals surface area (Å²) in [5, 5.41) is 3.47. The van der Waals surface area contributed by atoms with E-state index in [1.807, 2.05) is 0 Å². The first-order valence-corrected chi connectivity index (χ1v) is 8.63. The Morgan fingerprint density at radius 1 is 0.913 bits per heavy atom. The lowest BCUT2D eigenvalue weighted by Crippen LogP contribution is -2.23.